The van der Waals surface area contributed by atoms with Gasteiger partial charge in [0.25, 0.3) is 0 Å². The normalized spacial score (nSPS) is 22.1. The fraction of sp³-hybridized carbons (Fsp3) is 0.395. The maximum absolute atomic E-state index is 13.6. The van der Waals surface area contributed by atoms with E-state index in [2.05, 4.69) is 43.6 Å². The number of nitrogens with zero attached hydrogens (tertiary/aromatic N) is 1. The van der Waals surface area contributed by atoms with Crippen molar-refractivity contribution >= 4 is 29.6 Å². The molecule has 3 aromatic carbocycles. The molecule has 1 amide bonds. The van der Waals surface area contributed by atoms with Gasteiger partial charge in [-0.15, -0.1) is 0 Å². The highest BCUT2D eigenvalue weighted by molar-refractivity contribution is 5.83. The predicted octanol–water partition coefficient (Wildman–Crippen LogP) is 9.29. The number of hydrogen-bond donors (Lipinski definition) is 1. The van der Waals surface area contributed by atoms with Gasteiger partial charge in [0, 0.05) is 29.3 Å². The van der Waals surface area contributed by atoms with Crippen molar-refractivity contribution in [1.29, 1.82) is 0 Å². The van der Waals surface area contributed by atoms with Crippen LogP contribution in [0.2, 0.25) is 0 Å². The Labute approximate surface area is 256 Å². The Balaban J connectivity index is 1.41. The van der Waals surface area contributed by atoms with E-state index in [-0.39, 0.29) is 17.6 Å². The molecule has 5 nitrogen and oxygen atoms in total. The first-order valence-corrected chi connectivity index (χ1v) is 16.0. The van der Waals surface area contributed by atoms with Crippen LogP contribution in [0.1, 0.15) is 79.7 Å². The smallest absolute Gasteiger partial charge is 0.410 e. The van der Waals surface area contributed by atoms with E-state index in [0.29, 0.717) is 19.1 Å². The van der Waals surface area contributed by atoms with Crippen LogP contribution in [0, 0.1) is 5.92 Å². The van der Waals surface area contributed by atoms with Crippen LogP contribution in [0.3, 0.4) is 0 Å². The molecule has 224 valence electrons. The molecular weight excluding hydrogens is 532 g/mol. The van der Waals surface area contributed by atoms with Gasteiger partial charge in [-0.1, -0.05) is 100 Å². The van der Waals surface area contributed by atoms with Crippen molar-refractivity contribution in [3.8, 4) is 5.75 Å². The van der Waals surface area contributed by atoms with Gasteiger partial charge < -0.3 is 19.7 Å². The number of rotatable bonds is 10. The number of anilines is 2. The molecule has 1 saturated heterocycles. The van der Waals surface area contributed by atoms with Gasteiger partial charge >= 0.3 is 6.09 Å². The molecule has 1 aliphatic heterocycles. The summed E-state index contributed by atoms with van der Waals surface area (Å²) < 4.78 is 12.5. The molecular formula is C38H44N2O3. The number of carbonyl (C=O) groups is 1. The van der Waals surface area contributed by atoms with Gasteiger partial charge in [-0.2, -0.15) is 0 Å². The van der Waals surface area contributed by atoms with Crippen molar-refractivity contribution in [1.82, 2.24) is 4.90 Å². The summed E-state index contributed by atoms with van der Waals surface area (Å²) in [7, 11) is 0. The molecule has 2 bridgehead atoms. The van der Waals surface area contributed by atoms with Crippen LogP contribution >= 0.6 is 0 Å². The molecule has 0 spiro atoms. The molecule has 1 saturated carbocycles. The van der Waals surface area contributed by atoms with Crippen molar-refractivity contribution < 1.29 is 14.3 Å². The minimum absolute atomic E-state index is 0.0326. The fourth-order valence-electron chi connectivity index (χ4n) is 7.90. The average molecular weight is 577 g/mol. The van der Waals surface area contributed by atoms with Gasteiger partial charge in [0.2, 0.25) is 0 Å². The third-order valence-electron chi connectivity index (χ3n) is 9.99. The lowest BCUT2D eigenvalue weighted by molar-refractivity contribution is -0.0137. The Kier molecular flexibility index (Phi) is 8.60. The Morgan fingerprint density at radius 2 is 1.88 bits per heavy atom. The number of likely N-dealkylation sites (tertiary alicyclic amines) is 1. The molecule has 3 aromatic rings. The zero-order chi connectivity index (χ0) is 29.8. The van der Waals surface area contributed by atoms with Gasteiger partial charge in [-0.25, -0.2) is 4.79 Å². The molecule has 2 aliphatic carbocycles. The molecule has 1 unspecified atom stereocenters. The largest absolute Gasteiger partial charge is 0.491 e. The summed E-state index contributed by atoms with van der Waals surface area (Å²) in [4.78, 5) is 15.7. The molecule has 0 aromatic heterocycles. The number of carbonyl (C=O) groups excluding carboxylic acids is 1. The van der Waals surface area contributed by atoms with Gasteiger partial charge in [-0.3, -0.25) is 0 Å². The van der Waals surface area contributed by atoms with E-state index < -0.39 is 0 Å². The minimum Gasteiger partial charge on any atom is -0.491 e. The number of amides is 1. The van der Waals surface area contributed by atoms with E-state index in [1.807, 2.05) is 59.5 Å². The van der Waals surface area contributed by atoms with Crippen LogP contribution in [0.15, 0.2) is 73.8 Å². The highest BCUT2D eigenvalue weighted by Crippen LogP contribution is 2.58. The third kappa shape index (κ3) is 5.46. The molecule has 5 heteroatoms. The highest BCUT2D eigenvalue weighted by Gasteiger charge is 2.55. The summed E-state index contributed by atoms with van der Waals surface area (Å²) in [6, 6.07) is 20.6. The number of piperidine rings is 1. The number of unbranched alkanes of at least 4 members (excludes halogenated alkanes) is 1. The maximum Gasteiger partial charge on any atom is 0.410 e. The lowest BCUT2D eigenvalue weighted by Gasteiger charge is -2.59. The van der Waals surface area contributed by atoms with Gasteiger partial charge in [0.05, 0.1) is 12.3 Å². The van der Waals surface area contributed by atoms with Crippen LogP contribution in [0.5, 0.6) is 5.75 Å². The molecule has 1 heterocycles. The molecule has 6 rings (SSSR count). The van der Waals surface area contributed by atoms with E-state index in [1.165, 1.54) is 24.0 Å². The van der Waals surface area contributed by atoms with Gasteiger partial charge in [0.15, 0.2) is 0 Å². The molecule has 43 heavy (non-hydrogen) atoms. The first-order chi connectivity index (χ1) is 21.1. The summed E-state index contributed by atoms with van der Waals surface area (Å²) in [5.74, 6) is 1.30. The number of benzene rings is 3. The average Bonchev–Trinajstić information content (AvgIpc) is 3.05. The predicted molar refractivity (Wildman–Crippen MR) is 176 cm³/mol. The highest BCUT2D eigenvalue weighted by atomic mass is 16.6. The SMILES string of the molecule is C=Cc1ccccc1Nc1c(OCCCC)cc2c(c1C=C)C[C@H]1C3CCCC[C@@]23CCN1C(=O)OCc1ccccc1. The Hall–Kier alpha value is -3.99. The van der Waals surface area contributed by atoms with E-state index in [0.717, 1.165) is 78.9 Å². The zero-order valence-electron chi connectivity index (χ0n) is 25.4. The molecule has 0 radical (unpaired) electrons. The van der Waals surface area contributed by atoms with E-state index in [9.17, 15) is 4.79 Å². The standard InChI is InChI=1S/C38H44N2O3/c1-4-7-23-42-35-25-32-30(29(6-3)36(35)39-33-19-12-11-17-28(33)5-2)24-34-31-18-13-14-20-38(31,32)21-22-40(34)37(41)43-26-27-15-9-8-10-16-27/h5-6,8-12,15-17,19,25,31,34,39H,2-4,7,13-14,18,20-24,26H2,1H3/t31?,34-,38-/m0/s1. The first kappa shape index (κ1) is 29.1. The quantitative estimate of drug-likeness (QED) is 0.244. The molecule has 1 N–H and O–H groups in total. The van der Waals surface area contributed by atoms with Crippen LogP contribution in [0.25, 0.3) is 12.2 Å². The topological polar surface area (TPSA) is 50.8 Å². The van der Waals surface area contributed by atoms with Crippen LogP contribution < -0.4 is 10.1 Å². The van der Waals surface area contributed by atoms with Crippen molar-refractivity contribution in [2.45, 2.75) is 76.4 Å². The van der Waals surface area contributed by atoms with Crippen molar-refractivity contribution in [3.63, 3.8) is 0 Å². The monoisotopic (exact) mass is 576 g/mol. The summed E-state index contributed by atoms with van der Waals surface area (Å²) in [6.07, 6.45) is 12.2. The van der Waals surface area contributed by atoms with E-state index in [1.54, 1.807) is 0 Å². The zero-order valence-corrected chi connectivity index (χ0v) is 25.4. The number of nitrogens with one attached hydrogen (secondary N) is 1. The number of fused-ring (bicyclic) bond motifs is 1. The molecule has 3 atom stereocenters. The van der Waals surface area contributed by atoms with Crippen molar-refractivity contribution in [3.05, 3.63) is 102 Å². The van der Waals surface area contributed by atoms with Crippen molar-refractivity contribution in [2.75, 3.05) is 18.5 Å². The van der Waals surface area contributed by atoms with Crippen LogP contribution in [-0.4, -0.2) is 30.2 Å². The lowest BCUT2D eigenvalue weighted by Crippen LogP contribution is -2.62. The van der Waals surface area contributed by atoms with Crippen LogP contribution in [0.4, 0.5) is 16.2 Å². The number of ether oxygens (including phenoxy) is 2. The summed E-state index contributed by atoms with van der Waals surface area (Å²) in [5.41, 5.74) is 7.78. The van der Waals surface area contributed by atoms with Crippen LogP contribution in [-0.2, 0) is 23.2 Å². The second kappa shape index (κ2) is 12.7. The second-order valence-electron chi connectivity index (χ2n) is 12.3. The molecule has 2 fully saturated rings. The van der Waals surface area contributed by atoms with E-state index >= 15 is 0 Å². The summed E-state index contributed by atoms with van der Waals surface area (Å²) >= 11 is 0. The molecule has 3 aliphatic rings. The number of para-hydroxylation sites is 1. The lowest BCUT2D eigenvalue weighted by atomic mass is 9.52. The van der Waals surface area contributed by atoms with Gasteiger partial charge in [0.1, 0.15) is 12.4 Å². The van der Waals surface area contributed by atoms with Gasteiger partial charge in [-0.05, 0) is 72.4 Å². The van der Waals surface area contributed by atoms with E-state index in [4.69, 9.17) is 9.47 Å². The minimum atomic E-state index is -0.200. The number of hydrogen-bond acceptors (Lipinski definition) is 4. The second-order valence-corrected chi connectivity index (χ2v) is 12.3. The maximum atomic E-state index is 13.6. The Morgan fingerprint density at radius 1 is 1.07 bits per heavy atom. The Morgan fingerprint density at radius 3 is 2.67 bits per heavy atom. The van der Waals surface area contributed by atoms with Crippen molar-refractivity contribution in [2.24, 2.45) is 5.92 Å². The Bertz CT molecular complexity index is 1480. The summed E-state index contributed by atoms with van der Waals surface area (Å²) in [6.45, 7) is 12.2. The fourth-order valence-corrected chi connectivity index (χ4v) is 7.90. The summed E-state index contributed by atoms with van der Waals surface area (Å²) in [5, 5.41) is 3.72. The first-order valence-electron chi connectivity index (χ1n) is 16.0. The third-order valence-corrected chi connectivity index (χ3v) is 9.99.